The largest absolute Gasteiger partial charge is 0.489 e. The number of carbonyl (C=O) groups excluding carboxylic acids is 1. The fraction of sp³-hybridized carbons (Fsp3) is 0.240. The fourth-order valence-corrected chi connectivity index (χ4v) is 3.78. The number of anilines is 2. The highest BCUT2D eigenvalue weighted by Gasteiger charge is 2.28. The van der Waals surface area contributed by atoms with Crippen molar-refractivity contribution in [1.82, 2.24) is 9.55 Å². The van der Waals surface area contributed by atoms with Gasteiger partial charge in [0.2, 0.25) is 0 Å². The van der Waals surface area contributed by atoms with Crippen LogP contribution >= 0.6 is 0 Å². The smallest absolute Gasteiger partial charge is 0.330 e. The van der Waals surface area contributed by atoms with E-state index in [1.165, 1.54) is 11.6 Å². The highest BCUT2D eigenvalue weighted by atomic mass is 16.5. The summed E-state index contributed by atoms with van der Waals surface area (Å²) in [6, 6.07) is 16.5. The van der Waals surface area contributed by atoms with Gasteiger partial charge < -0.3 is 19.8 Å². The van der Waals surface area contributed by atoms with Crippen LogP contribution in [0, 0.1) is 0 Å². The Labute approximate surface area is 195 Å². The second-order valence-electron chi connectivity index (χ2n) is 7.87. The summed E-state index contributed by atoms with van der Waals surface area (Å²) < 4.78 is 13.1. The van der Waals surface area contributed by atoms with Gasteiger partial charge in [-0.1, -0.05) is 49.7 Å². The standard InChI is InChI=1S/C25H26N4O5/c1-3-4-14-29-22(26)20(23(30)27-25(29)32)28(2)24(31)21-18(15-33-16-10-6-5-7-11-16)17-12-8-9-13-19(17)34-21/h5-13H,3-4,14-15,26H2,1-2H3,(H,27,30,32). The average molecular weight is 463 g/mol. The molecule has 2 aromatic carbocycles. The Bertz CT molecular complexity index is 1440. The number of nitrogens with two attached hydrogens (primary N) is 1. The normalized spacial score (nSPS) is 11.0. The Balaban J connectivity index is 1.74. The summed E-state index contributed by atoms with van der Waals surface area (Å²) in [5.74, 6) is 0.0185. The quantitative estimate of drug-likeness (QED) is 0.413. The molecule has 34 heavy (non-hydrogen) atoms. The molecule has 9 heteroatoms. The molecule has 4 aromatic rings. The molecule has 0 aliphatic heterocycles. The van der Waals surface area contributed by atoms with E-state index in [-0.39, 0.29) is 23.9 Å². The van der Waals surface area contributed by atoms with Gasteiger partial charge in [0.15, 0.2) is 11.4 Å². The van der Waals surface area contributed by atoms with E-state index in [1.54, 1.807) is 12.1 Å². The van der Waals surface area contributed by atoms with Crippen molar-refractivity contribution in [3.63, 3.8) is 0 Å². The molecule has 0 saturated heterocycles. The zero-order valence-electron chi connectivity index (χ0n) is 19.0. The lowest BCUT2D eigenvalue weighted by Crippen LogP contribution is -2.39. The summed E-state index contributed by atoms with van der Waals surface area (Å²) in [7, 11) is 1.42. The van der Waals surface area contributed by atoms with Crippen LogP contribution in [0.2, 0.25) is 0 Å². The predicted octanol–water partition coefficient (Wildman–Crippen LogP) is 3.52. The molecule has 3 N–H and O–H groups in total. The van der Waals surface area contributed by atoms with Crippen LogP contribution < -0.4 is 26.6 Å². The van der Waals surface area contributed by atoms with Crippen molar-refractivity contribution in [2.45, 2.75) is 32.9 Å². The van der Waals surface area contributed by atoms with E-state index in [1.807, 2.05) is 49.4 Å². The molecule has 0 atom stereocenters. The minimum atomic E-state index is -0.746. The van der Waals surface area contributed by atoms with Gasteiger partial charge in [-0.25, -0.2) is 4.79 Å². The molecule has 0 fully saturated rings. The number of nitrogens with zero attached hydrogens (tertiary/aromatic N) is 2. The number of aromatic nitrogens is 2. The van der Waals surface area contributed by atoms with Gasteiger partial charge in [-0.05, 0) is 24.6 Å². The Hall–Kier alpha value is -4.27. The fourth-order valence-electron chi connectivity index (χ4n) is 3.78. The number of para-hydroxylation sites is 2. The third-order valence-corrected chi connectivity index (χ3v) is 5.61. The van der Waals surface area contributed by atoms with E-state index in [0.29, 0.717) is 29.9 Å². The first-order valence-electron chi connectivity index (χ1n) is 11.0. The first-order valence-corrected chi connectivity index (χ1v) is 11.0. The van der Waals surface area contributed by atoms with E-state index in [2.05, 4.69) is 4.98 Å². The number of nitrogens with one attached hydrogen (secondary N) is 1. The molecule has 2 heterocycles. The van der Waals surface area contributed by atoms with Gasteiger partial charge in [-0.15, -0.1) is 0 Å². The number of nitrogen functional groups attached to an aromatic ring is 1. The van der Waals surface area contributed by atoms with E-state index < -0.39 is 17.2 Å². The molecule has 0 aliphatic rings. The number of rotatable bonds is 8. The lowest BCUT2D eigenvalue weighted by molar-refractivity contribution is 0.0965. The summed E-state index contributed by atoms with van der Waals surface area (Å²) in [6.07, 6.45) is 1.52. The van der Waals surface area contributed by atoms with Crippen LogP contribution in [0.3, 0.4) is 0 Å². The van der Waals surface area contributed by atoms with Gasteiger partial charge in [0.25, 0.3) is 11.5 Å². The number of aromatic amines is 1. The Morgan fingerprint density at radius 1 is 1.12 bits per heavy atom. The van der Waals surface area contributed by atoms with Crippen LogP contribution in [0.4, 0.5) is 11.5 Å². The highest BCUT2D eigenvalue weighted by molar-refractivity contribution is 6.08. The molecule has 0 bridgehead atoms. The van der Waals surface area contributed by atoms with Crippen molar-refractivity contribution in [3.8, 4) is 5.75 Å². The Morgan fingerprint density at radius 3 is 2.56 bits per heavy atom. The number of hydrogen-bond donors (Lipinski definition) is 2. The number of ether oxygens (including phenoxy) is 1. The Kier molecular flexibility index (Phi) is 6.53. The molecule has 0 radical (unpaired) electrons. The summed E-state index contributed by atoms with van der Waals surface area (Å²) >= 11 is 0. The monoisotopic (exact) mass is 462 g/mol. The van der Waals surface area contributed by atoms with Crippen molar-refractivity contribution in [1.29, 1.82) is 0 Å². The number of benzene rings is 2. The lowest BCUT2D eigenvalue weighted by Gasteiger charge is -2.20. The van der Waals surface area contributed by atoms with Gasteiger partial charge >= 0.3 is 5.69 Å². The number of H-pyrrole nitrogens is 1. The van der Waals surface area contributed by atoms with Crippen LogP contribution in [-0.4, -0.2) is 22.5 Å². The first kappa shape index (κ1) is 22.9. The number of unbranched alkanes of at least 4 members (excludes halogenated alkanes) is 1. The third kappa shape index (κ3) is 4.32. The van der Waals surface area contributed by atoms with Crippen LogP contribution in [0.25, 0.3) is 11.0 Å². The van der Waals surface area contributed by atoms with Crippen LogP contribution in [-0.2, 0) is 13.2 Å². The Morgan fingerprint density at radius 2 is 1.82 bits per heavy atom. The maximum Gasteiger partial charge on any atom is 0.330 e. The minimum Gasteiger partial charge on any atom is -0.489 e. The number of amides is 1. The summed E-state index contributed by atoms with van der Waals surface area (Å²) in [5.41, 5.74) is 5.77. The maximum atomic E-state index is 13.5. The third-order valence-electron chi connectivity index (χ3n) is 5.61. The number of carbonyl (C=O) groups is 1. The van der Waals surface area contributed by atoms with Crippen LogP contribution in [0.15, 0.2) is 68.6 Å². The van der Waals surface area contributed by atoms with Gasteiger partial charge in [0.05, 0.1) is 0 Å². The van der Waals surface area contributed by atoms with Crippen molar-refractivity contribution in [3.05, 3.63) is 86.8 Å². The van der Waals surface area contributed by atoms with Crippen LogP contribution in [0.5, 0.6) is 5.75 Å². The molecular weight excluding hydrogens is 436 g/mol. The highest BCUT2D eigenvalue weighted by Crippen LogP contribution is 2.29. The first-order chi connectivity index (χ1) is 16.4. The van der Waals surface area contributed by atoms with Gasteiger partial charge in [-0.3, -0.25) is 19.1 Å². The molecule has 4 rings (SSSR count). The average Bonchev–Trinajstić information content (AvgIpc) is 3.21. The van der Waals surface area contributed by atoms with Gasteiger partial charge in [0, 0.05) is 24.5 Å². The summed E-state index contributed by atoms with van der Waals surface area (Å²) in [4.78, 5) is 41.8. The van der Waals surface area contributed by atoms with Gasteiger partial charge in [0.1, 0.15) is 23.8 Å². The molecule has 2 aromatic heterocycles. The molecule has 176 valence electrons. The predicted molar refractivity (Wildman–Crippen MR) is 130 cm³/mol. The van der Waals surface area contributed by atoms with Gasteiger partial charge in [-0.2, -0.15) is 0 Å². The molecular formula is C25H26N4O5. The van der Waals surface area contributed by atoms with E-state index in [9.17, 15) is 14.4 Å². The second kappa shape index (κ2) is 9.70. The van der Waals surface area contributed by atoms with Crippen molar-refractivity contribution >= 4 is 28.4 Å². The van der Waals surface area contributed by atoms with Crippen molar-refractivity contribution in [2.75, 3.05) is 17.7 Å². The number of furan rings is 1. The lowest BCUT2D eigenvalue weighted by atomic mass is 10.1. The van der Waals surface area contributed by atoms with E-state index in [4.69, 9.17) is 14.9 Å². The van der Waals surface area contributed by atoms with E-state index >= 15 is 0 Å². The number of fused-ring (bicyclic) bond motifs is 1. The zero-order chi connectivity index (χ0) is 24.2. The minimum absolute atomic E-state index is 0.0322. The topological polar surface area (TPSA) is 124 Å². The van der Waals surface area contributed by atoms with E-state index in [0.717, 1.165) is 16.7 Å². The van der Waals surface area contributed by atoms with Crippen LogP contribution in [0.1, 0.15) is 35.9 Å². The SMILES string of the molecule is CCCCn1c(N)c(N(C)C(=O)c2oc3ccccc3c2COc2ccccc2)c(=O)[nH]c1=O. The molecule has 0 aliphatic carbocycles. The second-order valence-corrected chi connectivity index (χ2v) is 7.87. The molecule has 9 nitrogen and oxygen atoms in total. The molecule has 0 unspecified atom stereocenters. The van der Waals surface area contributed by atoms with Crippen molar-refractivity contribution < 1.29 is 13.9 Å². The molecule has 0 saturated carbocycles. The molecule has 0 spiro atoms. The molecule has 1 amide bonds. The summed E-state index contributed by atoms with van der Waals surface area (Å²) in [5, 5.41) is 0.727. The zero-order valence-corrected chi connectivity index (χ0v) is 19.0. The maximum absolute atomic E-state index is 13.5. The number of hydrogen-bond acceptors (Lipinski definition) is 6. The van der Waals surface area contributed by atoms with Crippen molar-refractivity contribution in [2.24, 2.45) is 0 Å². The summed E-state index contributed by atoms with van der Waals surface area (Å²) in [6.45, 7) is 2.38.